The maximum Gasteiger partial charge on any atom is 0.00818 e. The summed E-state index contributed by atoms with van der Waals surface area (Å²) in [5.74, 6) is 1.04. The minimum absolute atomic E-state index is 0.463. The van der Waals surface area contributed by atoms with Gasteiger partial charge in [0, 0.05) is 12.1 Å². The zero-order valence-electron chi connectivity index (χ0n) is 9.17. The number of hydrogen-bond acceptors (Lipinski definition) is 2. The molecule has 3 N–H and O–H groups in total. The van der Waals surface area contributed by atoms with E-state index in [2.05, 4.69) is 5.32 Å². The van der Waals surface area contributed by atoms with Crippen molar-refractivity contribution in [3.05, 3.63) is 0 Å². The first kappa shape index (κ1) is 10.4. The van der Waals surface area contributed by atoms with Crippen molar-refractivity contribution in [2.45, 2.75) is 63.5 Å². The van der Waals surface area contributed by atoms with Crippen molar-refractivity contribution in [1.82, 2.24) is 5.32 Å². The van der Waals surface area contributed by atoms with Gasteiger partial charge in [-0.3, -0.25) is 0 Å². The lowest BCUT2D eigenvalue weighted by molar-refractivity contribution is 0.274. The van der Waals surface area contributed by atoms with Gasteiger partial charge < -0.3 is 11.1 Å². The normalized spacial score (nSPS) is 34.1. The molecule has 0 aromatic heterocycles. The second-order valence-corrected chi connectivity index (χ2v) is 5.16. The van der Waals surface area contributed by atoms with Crippen LogP contribution in [-0.4, -0.2) is 18.6 Å². The molecule has 0 aliphatic heterocycles. The molecule has 0 amide bonds. The Hall–Kier alpha value is -0.0800. The van der Waals surface area contributed by atoms with Gasteiger partial charge in [0.25, 0.3) is 0 Å². The van der Waals surface area contributed by atoms with Gasteiger partial charge in [-0.15, -0.1) is 0 Å². The Balaban J connectivity index is 1.55. The SMILES string of the molecule is NC1CCCC(NCCC2CCC2)C1. The van der Waals surface area contributed by atoms with Crippen LogP contribution in [0, 0.1) is 5.92 Å². The molecule has 2 fully saturated rings. The summed E-state index contributed by atoms with van der Waals surface area (Å²) in [6.45, 7) is 1.22. The molecule has 2 saturated carbocycles. The Morgan fingerprint density at radius 1 is 1.07 bits per heavy atom. The van der Waals surface area contributed by atoms with E-state index in [0.717, 1.165) is 12.0 Å². The van der Waals surface area contributed by atoms with Crippen LogP contribution in [0.5, 0.6) is 0 Å². The second kappa shape index (κ2) is 5.13. The second-order valence-electron chi connectivity index (χ2n) is 5.16. The fraction of sp³-hybridized carbons (Fsp3) is 1.00. The fourth-order valence-electron chi connectivity index (χ4n) is 2.69. The lowest BCUT2D eigenvalue weighted by atomic mass is 9.83. The minimum atomic E-state index is 0.463. The summed E-state index contributed by atoms with van der Waals surface area (Å²) in [6, 6.07) is 1.18. The predicted molar refractivity (Wildman–Crippen MR) is 60.2 cm³/mol. The van der Waals surface area contributed by atoms with Crippen LogP contribution in [-0.2, 0) is 0 Å². The smallest absolute Gasteiger partial charge is 0.00818 e. The number of nitrogens with two attached hydrogens (primary N) is 1. The van der Waals surface area contributed by atoms with E-state index in [1.807, 2.05) is 0 Å². The third-order valence-electron chi connectivity index (χ3n) is 3.93. The van der Waals surface area contributed by atoms with Gasteiger partial charge in [-0.1, -0.05) is 25.7 Å². The van der Waals surface area contributed by atoms with Crippen LogP contribution in [0.25, 0.3) is 0 Å². The quantitative estimate of drug-likeness (QED) is 0.722. The van der Waals surface area contributed by atoms with Gasteiger partial charge in [-0.2, -0.15) is 0 Å². The number of nitrogens with one attached hydrogen (secondary N) is 1. The minimum Gasteiger partial charge on any atom is -0.328 e. The van der Waals surface area contributed by atoms with Crippen molar-refractivity contribution in [2.24, 2.45) is 11.7 Å². The highest BCUT2D eigenvalue weighted by molar-refractivity contribution is 4.80. The van der Waals surface area contributed by atoms with E-state index < -0.39 is 0 Å². The van der Waals surface area contributed by atoms with Gasteiger partial charge in [0.15, 0.2) is 0 Å². The third kappa shape index (κ3) is 2.96. The van der Waals surface area contributed by atoms with Crippen LogP contribution < -0.4 is 11.1 Å². The summed E-state index contributed by atoms with van der Waals surface area (Å²) in [7, 11) is 0. The molecule has 2 rings (SSSR count). The summed E-state index contributed by atoms with van der Waals surface area (Å²) in [5, 5.41) is 3.67. The molecule has 0 aromatic carbocycles. The molecule has 2 aliphatic carbocycles. The molecule has 14 heavy (non-hydrogen) atoms. The Morgan fingerprint density at radius 2 is 1.86 bits per heavy atom. The van der Waals surface area contributed by atoms with Crippen LogP contribution in [0.3, 0.4) is 0 Å². The van der Waals surface area contributed by atoms with Crippen LogP contribution in [0.2, 0.25) is 0 Å². The Bertz CT molecular complexity index is 166. The third-order valence-corrected chi connectivity index (χ3v) is 3.93. The molecule has 2 unspecified atom stereocenters. The van der Waals surface area contributed by atoms with E-state index in [1.54, 1.807) is 0 Å². The van der Waals surface area contributed by atoms with Gasteiger partial charge in [-0.25, -0.2) is 0 Å². The first-order chi connectivity index (χ1) is 6.84. The lowest BCUT2D eigenvalue weighted by Gasteiger charge is -2.30. The highest BCUT2D eigenvalue weighted by Gasteiger charge is 2.20. The summed E-state index contributed by atoms with van der Waals surface area (Å²) >= 11 is 0. The average molecular weight is 196 g/mol. The maximum absolute atomic E-state index is 5.95. The summed E-state index contributed by atoms with van der Waals surface area (Å²) in [4.78, 5) is 0. The van der Waals surface area contributed by atoms with Crippen molar-refractivity contribution >= 4 is 0 Å². The number of hydrogen-bond donors (Lipinski definition) is 2. The first-order valence-electron chi connectivity index (χ1n) is 6.33. The maximum atomic E-state index is 5.95. The van der Waals surface area contributed by atoms with Crippen LogP contribution in [0.15, 0.2) is 0 Å². The molecule has 0 saturated heterocycles. The van der Waals surface area contributed by atoms with Gasteiger partial charge in [-0.05, 0) is 38.1 Å². The highest BCUT2D eigenvalue weighted by Crippen LogP contribution is 2.29. The van der Waals surface area contributed by atoms with E-state index in [0.29, 0.717) is 6.04 Å². The van der Waals surface area contributed by atoms with Crippen molar-refractivity contribution in [2.75, 3.05) is 6.54 Å². The van der Waals surface area contributed by atoms with Gasteiger partial charge in [0.1, 0.15) is 0 Å². The molecule has 0 spiro atoms. The molecule has 0 heterocycles. The van der Waals surface area contributed by atoms with E-state index in [1.165, 1.54) is 57.9 Å². The fourth-order valence-corrected chi connectivity index (χ4v) is 2.69. The summed E-state index contributed by atoms with van der Waals surface area (Å²) in [5.41, 5.74) is 5.95. The first-order valence-corrected chi connectivity index (χ1v) is 6.33. The zero-order valence-corrected chi connectivity index (χ0v) is 9.17. The summed E-state index contributed by atoms with van der Waals surface area (Å²) < 4.78 is 0. The predicted octanol–water partition coefficient (Wildman–Crippen LogP) is 2.04. The van der Waals surface area contributed by atoms with Crippen molar-refractivity contribution < 1.29 is 0 Å². The van der Waals surface area contributed by atoms with E-state index >= 15 is 0 Å². The van der Waals surface area contributed by atoms with E-state index in [-0.39, 0.29) is 0 Å². The van der Waals surface area contributed by atoms with Crippen molar-refractivity contribution in [3.8, 4) is 0 Å². The highest BCUT2D eigenvalue weighted by atomic mass is 14.9. The van der Waals surface area contributed by atoms with Crippen LogP contribution >= 0.6 is 0 Å². The van der Waals surface area contributed by atoms with E-state index in [4.69, 9.17) is 5.73 Å². The van der Waals surface area contributed by atoms with Crippen molar-refractivity contribution in [3.63, 3.8) is 0 Å². The van der Waals surface area contributed by atoms with Gasteiger partial charge in [0.2, 0.25) is 0 Å². The Labute approximate surface area is 87.6 Å². The Kier molecular flexibility index (Phi) is 3.82. The molecule has 0 aromatic rings. The lowest BCUT2D eigenvalue weighted by Crippen LogP contribution is -2.40. The van der Waals surface area contributed by atoms with Gasteiger partial charge >= 0.3 is 0 Å². The standard InChI is InChI=1S/C12H24N2/c13-11-5-2-6-12(9-11)14-8-7-10-3-1-4-10/h10-12,14H,1-9,13H2. The topological polar surface area (TPSA) is 38.0 Å². The molecule has 82 valence electrons. The van der Waals surface area contributed by atoms with Crippen molar-refractivity contribution in [1.29, 1.82) is 0 Å². The molecule has 2 aliphatic rings. The Morgan fingerprint density at radius 3 is 2.50 bits per heavy atom. The molecule has 0 radical (unpaired) electrons. The largest absolute Gasteiger partial charge is 0.328 e. The average Bonchev–Trinajstić information content (AvgIpc) is 2.09. The number of rotatable bonds is 4. The van der Waals surface area contributed by atoms with E-state index in [9.17, 15) is 0 Å². The molecule has 2 atom stereocenters. The van der Waals surface area contributed by atoms with Gasteiger partial charge in [0.05, 0.1) is 0 Å². The zero-order chi connectivity index (χ0) is 9.80. The summed E-state index contributed by atoms with van der Waals surface area (Å²) in [6.07, 6.45) is 10.9. The van der Waals surface area contributed by atoms with Crippen LogP contribution in [0.1, 0.15) is 51.4 Å². The molecular formula is C12H24N2. The monoisotopic (exact) mass is 196 g/mol. The molecule has 2 nitrogen and oxygen atoms in total. The molecular weight excluding hydrogens is 172 g/mol. The molecule has 0 bridgehead atoms. The van der Waals surface area contributed by atoms with Crippen LogP contribution in [0.4, 0.5) is 0 Å². The molecule has 2 heteroatoms.